The molecule has 0 aliphatic carbocycles. The van der Waals surface area contributed by atoms with Crippen LogP contribution in [-0.4, -0.2) is 28.4 Å². The number of esters is 1. The van der Waals surface area contributed by atoms with Crippen molar-refractivity contribution in [1.82, 2.24) is 9.88 Å². The second-order valence-corrected chi connectivity index (χ2v) is 5.57. The van der Waals surface area contributed by atoms with Gasteiger partial charge in [-0.15, -0.1) is 0 Å². The zero-order chi connectivity index (χ0) is 14.4. The maximum absolute atomic E-state index is 12.4. The zero-order valence-electron chi connectivity index (χ0n) is 11.4. The number of amides is 1. The Hall–Kier alpha value is -2.43. The number of aromatic nitrogens is 1. The van der Waals surface area contributed by atoms with Gasteiger partial charge >= 0.3 is 5.97 Å². The second kappa shape index (κ2) is 4.55. The number of cyclic esters (lactones) is 1. The van der Waals surface area contributed by atoms with Gasteiger partial charge in [-0.3, -0.25) is 14.6 Å². The highest BCUT2D eigenvalue weighted by molar-refractivity contribution is 5.87. The summed E-state index contributed by atoms with van der Waals surface area (Å²) in [5.41, 5.74) is 2.99. The SMILES string of the molecule is O=C1C[C@@H](C(=O)N2Cc3cc4ccccc4nc3C2)CO1. The molecule has 5 nitrogen and oxygen atoms in total. The van der Waals surface area contributed by atoms with Crippen LogP contribution in [-0.2, 0) is 27.4 Å². The predicted molar refractivity (Wildman–Crippen MR) is 75.1 cm³/mol. The molecule has 1 amide bonds. The molecule has 1 fully saturated rings. The third-order valence-electron chi connectivity index (χ3n) is 4.11. The van der Waals surface area contributed by atoms with Crippen LogP contribution in [0.25, 0.3) is 10.9 Å². The molecule has 21 heavy (non-hydrogen) atoms. The molecule has 0 radical (unpaired) electrons. The minimum atomic E-state index is -0.332. The Labute approximate surface area is 121 Å². The summed E-state index contributed by atoms with van der Waals surface area (Å²) in [6.45, 7) is 1.29. The van der Waals surface area contributed by atoms with Gasteiger partial charge in [0.05, 0.1) is 30.1 Å². The van der Waals surface area contributed by atoms with Gasteiger partial charge in [0.15, 0.2) is 0 Å². The van der Waals surface area contributed by atoms with Gasteiger partial charge in [0, 0.05) is 11.9 Å². The summed E-state index contributed by atoms with van der Waals surface area (Å²) in [7, 11) is 0. The molecule has 0 spiro atoms. The average Bonchev–Trinajstić information content (AvgIpc) is 3.09. The Morgan fingerprint density at radius 1 is 1.29 bits per heavy atom. The first-order chi connectivity index (χ1) is 10.2. The van der Waals surface area contributed by atoms with Crippen molar-refractivity contribution in [3.8, 4) is 0 Å². The summed E-state index contributed by atoms with van der Waals surface area (Å²) in [6.07, 6.45) is 0.196. The summed E-state index contributed by atoms with van der Waals surface area (Å²) in [5.74, 6) is -0.627. The fourth-order valence-corrected chi connectivity index (χ4v) is 3.00. The molecular weight excluding hydrogens is 268 g/mol. The van der Waals surface area contributed by atoms with E-state index >= 15 is 0 Å². The highest BCUT2D eigenvalue weighted by Crippen LogP contribution is 2.28. The van der Waals surface area contributed by atoms with Crippen LogP contribution >= 0.6 is 0 Å². The Morgan fingerprint density at radius 3 is 2.95 bits per heavy atom. The highest BCUT2D eigenvalue weighted by atomic mass is 16.5. The molecule has 106 valence electrons. The molecule has 4 rings (SSSR count). The van der Waals surface area contributed by atoms with E-state index < -0.39 is 0 Å². The van der Waals surface area contributed by atoms with Gasteiger partial charge in [-0.25, -0.2) is 0 Å². The zero-order valence-corrected chi connectivity index (χ0v) is 11.4. The maximum atomic E-state index is 12.4. The van der Waals surface area contributed by atoms with Crippen molar-refractivity contribution in [2.45, 2.75) is 19.5 Å². The first-order valence-electron chi connectivity index (χ1n) is 7.02. The molecule has 1 aromatic carbocycles. The Bertz CT molecular complexity index is 712. The molecular formula is C16H14N2O3. The molecule has 3 heterocycles. The number of carbonyl (C=O) groups is 2. The Kier molecular flexibility index (Phi) is 2.67. The molecule has 2 aliphatic rings. The van der Waals surface area contributed by atoms with E-state index in [-0.39, 0.29) is 30.8 Å². The van der Waals surface area contributed by atoms with E-state index in [4.69, 9.17) is 4.74 Å². The third-order valence-corrected chi connectivity index (χ3v) is 4.11. The van der Waals surface area contributed by atoms with Gasteiger partial charge in [-0.1, -0.05) is 18.2 Å². The molecule has 0 bridgehead atoms. The first-order valence-corrected chi connectivity index (χ1v) is 7.02. The first kappa shape index (κ1) is 12.3. The lowest BCUT2D eigenvalue weighted by Gasteiger charge is -2.17. The minimum Gasteiger partial charge on any atom is -0.465 e. The second-order valence-electron chi connectivity index (χ2n) is 5.57. The molecule has 2 aliphatic heterocycles. The number of fused-ring (bicyclic) bond motifs is 2. The smallest absolute Gasteiger partial charge is 0.306 e. The van der Waals surface area contributed by atoms with Crippen molar-refractivity contribution < 1.29 is 14.3 Å². The average molecular weight is 282 g/mol. The number of hydrogen-bond acceptors (Lipinski definition) is 4. The van der Waals surface area contributed by atoms with Crippen LogP contribution in [0.1, 0.15) is 17.7 Å². The molecule has 1 saturated heterocycles. The summed E-state index contributed by atoms with van der Waals surface area (Å²) >= 11 is 0. The van der Waals surface area contributed by atoms with E-state index in [0.29, 0.717) is 13.1 Å². The molecule has 2 aromatic rings. The number of hydrogen-bond donors (Lipinski definition) is 0. The van der Waals surface area contributed by atoms with Gasteiger partial charge < -0.3 is 9.64 Å². The van der Waals surface area contributed by atoms with Crippen LogP contribution in [0.15, 0.2) is 30.3 Å². The molecule has 0 unspecified atom stereocenters. The Morgan fingerprint density at radius 2 is 2.14 bits per heavy atom. The number of rotatable bonds is 1. The maximum Gasteiger partial charge on any atom is 0.306 e. The molecule has 0 saturated carbocycles. The van der Waals surface area contributed by atoms with Crippen LogP contribution in [0.4, 0.5) is 0 Å². The lowest BCUT2D eigenvalue weighted by Crippen LogP contribution is -2.32. The van der Waals surface area contributed by atoms with Crippen LogP contribution in [0.5, 0.6) is 0 Å². The number of ether oxygens (including phenoxy) is 1. The van der Waals surface area contributed by atoms with E-state index in [1.807, 2.05) is 24.3 Å². The lowest BCUT2D eigenvalue weighted by molar-refractivity contribution is -0.138. The number of carbonyl (C=O) groups excluding carboxylic acids is 2. The quantitative estimate of drug-likeness (QED) is 0.746. The van der Waals surface area contributed by atoms with E-state index in [0.717, 1.165) is 22.2 Å². The largest absolute Gasteiger partial charge is 0.465 e. The van der Waals surface area contributed by atoms with E-state index in [9.17, 15) is 9.59 Å². The molecule has 1 aromatic heterocycles. The van der Waals surface area contributed by atoms with Crippen molar-refractivity contribution >= 4 is 22.8 Å². The van der Waals surface area contributed by atoms with E-state index in [2.05, 4.69) is 11.1 Å². The van der Waals surface area contributed by atoms with Crippen molar-refractivity contribution in [3.63, 3.8) is 0 Å². The van der Waals surface area contributed by atoms with E-state index in [1.54, 1.807) is 4.90 Å². The van der Waals surface area contributed by atoms with Gasteiger partial charge in [0.1, 0.15) is 6.61 Å². The minimum absolute atomic E-state index is 0.0112. The summed E-state index contributed by atoms with van der Waals surface area (Å²) in [6, 6.07) is 10.0. The number of benzene rings is 1. The fourth-order valence-electron chi connectivity index (χ4n) is 3.00. The number of nitrogens with zero attached hydrogens (tertiary/aromatic N) is 2. The van der Waals surface area contributed by atoms with Crippen LogP contribution in [0, 0.1) is 5.92 Å². The standard InChI is InChI=1S/C16H14N2O3/c19-15-6-12(9-21-15)16(20)18-7-11-5-10-3-1-2-4-13(10)17-14(11)8-18/h1-5,12H,6-9H2/t12-/m1/s1. The van der Waals surface area contributed by atoms with Crippen LogP contribution in [0.2, 0.25) is 0 Å². The van der Waals surface area contributed by atoms with Gasteiger partial charge in [-0.05, 0) is 17.7 Å². The van der Waals surface area contributed by atoms with Crippen LogP contribution in [0.3, 0.4) is 0 Å². The summed E-state index contributed by atoms with van der Waals surface area (Å²) < 4.78 is 4.88. The monoisotopic (exact) mass is 282 g/mol. The van der Waals surface area contributed by atoms with Gasteiger partial charge in [0.25, 0.3) is 0 Å². The predicted octanol–water partition coefficient (Wildman–Crippen LogP) is 1.64. The van der Waals surface area contributed by atoms with Crippen LogP contribution < -0.4 is 0 Å². The fraction of sp³-hybridized carbons (Fsp3) is 0.312. The van der Waals surface area contributed by atoms with Crippen molar-refractivity contribution in [3.05, 3.63) is 41.6 Å². The lowest BCUT2D eigenvalue weighted by atomic mass is 10.1. The summed E-state index contributed by atoms with van der Waals surface area (Å²) in [4.78, 5) is 30.0. The normalized spacial score (nSPS) is 20.7. The molecule has 0 N–H and O–H groups in total. The van der Waals surface area contributed by atoms with Crippen molar-refractivity contribution in [2.75, 3.05) is 6.61 Å². The summed E-state index contributed by atoms with van der Waals surface area (Å²) in [5, 5.41) is 1.09. The molecule has 1 atom stereocenters. The van der Waals surface area contributed by atoms with Gasteiger partial charge in [0.2, 0.25) is 5.91 Å². The third kappa shape index (κ3) is 2.05. The van der Waals surface area contributed by atoms with E-state index in [1.165, 1.54) is 0 Å². The molecule has 5 heteroatoms. The topological polar surface area (TPSA) is 59.5 Å². The number of pyridine rings is 1. The van der Waals surface area contributed by atoms with Crippen molar-refractivity contribution in [2.24, 2.45) is 5.92 Å². The van der Waals surface area contributed by atoms with Crippen molar-refractivity contribution in [1.29, 1.82) is 0 Å². The highest BCUT2D eigenvalue weighted by Gasteiger charge is 2.35. The Balaban J connectivity index is 1.60. The number of para-hydroxylation sites is 1. The van der Waals surface area contributed by atoms with Gasteiger partial charge in [-0.2, -0.15) is 0 Å².